The third-order valence-electron chi connectivity index (χ3n) is 5.02. The Morgan fingerprint density at radius 2 is 1.90 bits per heavy atom. The molecule has 0 spiro atoms. The molecular weight excluding hydrogens is 392 g/mol. The number of benzene rings is 2. The third kappa shape index (κ3) is 5.15. The van der Waals surface area contributed by atoms with Crippen LogP contribution in [0.3, 0.4) is 0 Å². The molecule has 1 aliphatic rings. The van der Waals surface area contributed by atoms with Crippen molar-refractivity contribution >= 4 is 23.8 Å². The van der Waals surface area contributed by atoms with Gasteiger partial charge in [-0.2, -0.15) is 5.10 Å². The molecule has 2 aromatic rings. The minimum Gasteiger partial charge on any atom is -0.497 e. The van der Waals surface area contributed by atoms with Crippen molar-refractivity contribution in [1.82, 2.24) is 5.01 Å². The number of methoxy groups -OCH3 is 2. The summed E-state index contributed by atoms with van der Waals surface area (Å²) in [5, 5.41) is 5.96. The fraction of sp³-hybridized carbons (Fsp3) is 0.280. The second kappa shape index (κ2) is 9.98. The van der Waals surface area contributed by atoms with Gasteiger partial charge in [-0.1, -0.05) is 36.9 Å². The Bertz CT molecular complexity index is 1010. The van der Waals surface area contributed by atoms with E-state index in [2.05, 4.69) is 11.7 Å². The van der Waals surface area contributed by atoms with Crippen molar-refractivity contribution in [2.45, 2.75) is 26.3 Å². The van der Waals surface area contributed by atoms with Crippen LogP contribution in [-0.4, -0.2) is 37.5 Å². The summed E-state index contributed by atoms with van der Waals surface area (Å²) in [6.45, 7) is 7.58. The summed E-state index contributed by atoms with van der Waals surface area (Å²) in [6, 6.07) is 11.4. The van der Waals surface area contributed by atoms with Crippen LogP contribution in [0.5, 0.6) is 17.2 Å². The molecule has 3 rings (SSSR count). The number of ether oxygens (including phenoxy) is 3. The first-order valence-electron chi connectivity index (χ1n) is 10.1. The summed E-state index contributed by atoms with van der Waals surface area (Å²) in [7, 11) is 3.24. The number of rotatable bonds is 8. The molecule has 1 heterocycles. The van der Waals surface area contributed by atoms with E-state index in [9.17, 15) is 4.79 Å². The van der Waals surface area contributed by atoms with Gasteiger partial charge < -0.3 is 14.2 Å². The highest BCUT2D eigenvalue weighted by Gasteiger charge is 2.33. The number of nitrogens with zero attached hydrogens (tertiary/aromatic N) is 2. The van der Waals surface area contributed by atoms with Gasteiger partial charge >= 0.3 is 0 Å². The normalized spacial score (nSPS) is 15.7. The quantitative estimate of drug-likeness (QED) is 0.440. The molecule has 6 nitrogen and oxygen atoms in total. The lowest BCUT2D eigenvalue weighted by atomic mass is 9.94. The van der Waals surface area contributed by atoms with E-state index in [-0.39, 0.29) is 11.9 Å². The van der Waals surface area contributed by atoms with Crippen LogP contribution in [0.4, 0.5) is 0 Å². The van der Waals surface area contributed by atoms with E-state index < -0.39 is 0 Å². The lowest BCUT2D eigenvalue weighted by Crippen LogP contribution is -2.25. The molecule has 0 saturated heterocycles. The molecule has 2 aromatic carbocycles. The number of amides is 1. The highest BCUT2D eigenvalue weighted by Crippen LogP contribution is 2.41. The van der Waals surface area contributed by atoms with Crippen molar-refractivity contribution < 1.29 is 19.0 Å². The van der Waals surface area contributed by atoms with Crippen molar-refractivity contribution in [1.29, 1.82) is 0 Å². The van der Waals surface area contributed by atoms with Crippen LogP contribution in [0.2, 0.25) is 0 Å². The van der Waals surface area contributed by atoms with Gasteiger partial charge in [0.1, 0.15) is 23.9 Å². The molecule has 0 bridgehead atoms. The number of carbonyl (C=O) groups is 1. The van der Waals surface area contributed by atoms with E-state index in [4.69, 9.17) is 14.2 Å². The zero-order chi connectivity index (χ0) is 22.4. The second-order valence-electron chi connectivity index (χ2n) is 7.25. The molecule has 1 unspecified atom stereocenters. The van der Waals surface area contributed by atoms with Crippen LogP contribution in [-0.2, 0) is 4.79 Å². The fourth-order valence-corrected chi connectivity index (χ4v) is 3.59. The van der Waals surface area contributed by atoms with Crippen molar-refractivity contribution in [2.24, 2.45) is 5.10 Å². The summed E-state index contributed by atoms with van der Waals surface area (Å²) in [6.07, 6.45) is 6.38. The summed E-state index contributed by atoms with van der Waals surface area (Å²) in [5.74, 6) is 2.02. The summed E-state index contributed by atoms with van der Waals surface area (Å²) < 4.78 is 16.7. The van der Waals surface area contributed by atoms with Crippen LogP contribution in [0, 0.1) is 0 Å². The van der Waals surface area contributed by atoms with E-state index in [1.165, 1.54) is 11.9 Å². The Morgan fingerprint density at radius 3 is 2.52 bits per heavy atom. The summed E-state index contributed by atoms with van der Waals surface area (Å²) in [5.41, 5.74) is 3.73. The first kappa shape index (κ1) is 22.2. The molecule has 0 fully saturated rings. The largest absolute Gasteiger partial charge is 0.497 e. The molecule has 31 heavy (non-hydrogen) atoms. The average molecular weight is 421 g/mol. The molecule has 0 saturated carbocycles. The second-order valence-corrected chi connectivity index (χ2v) is 7.25. The Balaban J connectivity index is 1.99. The van der Waals surface area contributed by atoms with Crippen LogP contribution in [0.1, 0.15) is 43.0 Å². The Hall–Kier alpha value is -3.54. The SMILES string of the molecule is C=CCOc1ccc(/C=C/c2cc(OC)cc(OC)c2C2CC(C)=NN2C(C)=O)cc1. The Labute approximate surface area is 183 Å². The maximum Gasteiger partial charge on any atom is 0.240 e. The van der Waals surface area contributed by atoms with Crippen molar-refractivity contribution in [3.8, 4) is 17.2 Å². The molecule has 1 amide bonds. The lowest BCUT2D eigenvalue weighted by Gasteiger charge is -2.25. The van der Waals surface area contributed by atoms with E-state index >= 15 is 0 Å². The van der Waals surface area contributed by atoms with E-state index in [1.54, 1.807) is 20.3 Å². The standard InChI is InChI=1S/C25H28N2O4/c1-6-13-31-21-11-8-19(9-12-21)7-10-20-15-22(29-4)16-24(30-5)25(20)23-14-17(2)26-27(23)18(3)28/h6-12,15-16,23H,1,13-14H2,2-5H3/b10-7+. The van der Waals surface area contributed by atoms with Crippen molar-refractivity contribution in [3.05, 3.63) is 65.7 Å². The molecule has 0 aromatic heterocycles. The zero-order valence-electron chi connectivity index (χ0n) is 18.4. The number of hydrogen-bond acceptors (Lipinski definition) is 5. The van der Waals surface area contributed by atoms with E-state index in [0.29, 0.717) is 24.5 Å². The fourth-order valence-electron chi connectivity index (χ4n) is 3.59. The van der Waals surface area contributed by atoms with Gasteiger partial charge in [-0.15, -0.1) is 0 Å². The van der Waals surface area contributed by atoms with Gasteiger partial charge in [0.15, 0.2) is 0 Å². The first-order chi connectivity index (χ1) is 15.0. The predicted molar refractivity (Wildman–Crippen MR) is 124 cm³/mol. The van der Waals surface area contributed by atoms with Gasteiger partial charge in [-0.3, -0.25) is 4.79 Å². The molecular formula is C25H28N2O4. The highest BCUT2D eigenvalue weighted by atomic mass is 16.5. The van der Waals surface area contributed by atoms with Gasteiger partial charge in [0.2, 0.25) is 5.91 Å². The van der Waals surface area contributed by atoms with Crippen LogP contribution in [0.25, 0.3) is 12.2 Å². The van der Waals surface area contributed by atoms with Gasteiger partial charge in [0, 0.05) is 30.7 Å². The van der Waals surface area contributed by atoms with Crippen LogP contribution >= 0.6 is 0 Å². The summed E-state index contributed by atoms with van der Waals surface area (Å²) >= 11 is 0. The number of hydrogen-bond donors (Lipinski definition) is 0. The molecule has 0 aliphatic carbocycles. The third-order valence-corrected chi connectivity index (χ3v) is 5.02. The number of hydrazone groups is 1. The van der Waals surface area contributed by atoms with Gasteiger partial charge in [0.25, 0.3) is 0 Å². The van der Waals surface area contributed by atoms with E-state index in [0.717, 1.165) is 28.2 Å². The maximum absolute atomic E-state index is 12.2. The van der Waals surface area contributed by atoms with Crippen LogP contribution in [0.15, 0.2) is 54.2 Å². The molecule has 1 atom stereocenters. The Morgan fingerprint density at radius 1 is 1.16 bits per heavy atom. The monoisotopic (exact) mass is 420 g/mol. The topological polar surface area (TPSA) is 60.4 Å². The van der Waals surface area contributed by atoms with Gasteiger partial charge in [-0.05, 0) is 36.2 Å². The molecule has 1 aliphatic heterocycles. The minimum absolute atomic E-state index is 0.107. The molecule has 0 radical (unpaired) electrons. The molecule has 162 valence electrons. The van der Waals surface area contributed by atoms with Gasteiger partial charge in [-0.25, -0.2) is 5.01 Å². The predicted octanol–water partition coefficient (Wildman–Crippen LogP) is 5.11. The van der Waals surface area contributed by atoms with Gasteiger partial charge in [0.05, 0.1) is 20.3 Å². The zero-order valence-corrected chi connectivity index (χ0v) is 18.4. The number of carbonyl (C=O) groups excluding carboxylic acids is 1. The smallest absolute Gasteiger partial charge is 0.240 e. The highest BCUT2D eigenvalue weighted by molar-refractivity contribution is 5.88. The van der Waals surface area contributed by atoms with E-state index in [1.807, 2.05) is 55.5 Å². The molecule has 0 N–H and O–H groups in total. The van der Waals surface area contributed by atoms with Crippen molar-refractivity contribution in [3.63, 3.8) is 0 Å². The summed E-state index contributed by atoms with van der Waals surface area (Å²) in [4.78, 5) is 12.2. The molecule has 6 heteroatoms. The maximum atomic E-state index is 12.2. The first-order valence-corrected chi connectivity index (χ1v) is 10.1. The Kier molecular flexibility index (Phi) is 7.13. The average Bonchev–Trinajstić information content (AvgIpc) is 3.17. The minimum atomic E-state index is -0.229. The van der Waals surface area contributed by atoms with Crippen LogP contribution < -0.4 is 14.2 Å². The van der Waals surface area contributed by atoms with Crippen molar-refractivity contribution in [2.75, 3.05) is 20.8 Å². The lowest BCUT2D eigenvalue weighted by molar-refractivity contribution is -0.130.